The lowest BCUT2D eigenvalue weighted by molar-refractivity contribution is 0.669. The van der Waals surface area contributed by atoms with Crippen LogP contribution in [0, 0.1) is 6.92 Å². The summed E-state index contributed by atoms with van der Waals surface area (Å²) in [5, 5.41) is 7.22. The highest BCUT2D eigenvalue weighted by atomic mass is 16.3. The Morgan fingerprint density at radius 1 is 0.488 bits per heavy atom. The number of furan rings is 1. The third-order valence-corrected chi connectivity index (χ3v) is 8.74. The van der Waals surface area contributed by atoms with E-state index in [-0.39, 0.29) is 0 Å². The third kappa shape index (κ3) is 3.58. The van der Waals surface area contributed by atoms with Gasteiger partial charge in [-0.15, -0.1) is 0 Å². The number of benzene rings is 7. The van der Waals surface area contributed by atoms with Gasteiger partial charge in [0.2, 0.25) is 0 Å². The zero-order chi connectivity index (χ0) is 28.5. The van der Waals surface area contributed by atoms with Crippen molar-refractivity contribution in [2.75, 3.05) is 0 Å². The lowest BCUT2D eigenvalue weighted by Crippen LogP contribution is -1.97. The van der Waals surface area contributed by atoms with Gasteiger partial charge < -0.3 is 4.42 Å². The van der Waals surface area contributed by atoms with E-state index < -0.39 is 0 Å². The minimum Gasteiger partial charge on any atom is -0.456 e. The maximum Gasteiger partial charge on any atom is 0.136 e. The van der Waals surface area contributed by atoms with Crippen molar-refractivity contribution in [3.8, 4) is 27.9 Å². The van der Waals surface area contributed by atoms with Crippen molar-refractivity contribution in [1.82, 2.24) is 9.55 Å². The average molecular weight is 551 g/mol. The fourth-order valence-electron chi connectivity index (χ4n) is 6.88. The summed E-state index contributed by atoms with van der Waals surface area (Å²) in [5.74, 6) is 0.982. The molecule has 9 rings (SSSR count). The van der Waals surface area contributed by atoms with E-state index in [9.17, 15) is 0 Å². The van der Waals surface area contributed by atoms with Gasteiger partial charge in [-0.05, 0) is 93.2 Å². The van der Waals surface area contributed by atoms with Gasteiger partial charge in [0.1, 0.15) is 17.0 Å². The fourth-order valence-corrected chi connectivity index (χ4v) is 6.88. The molecule has 0 spiro atoms. The Kier molecular flexibility index (Phi) is 5.11. The van der Waals surface area contributed by atoms with Crippen LogP contribution in [0.3, 0.4) is 0 Å². The first-order valence-electron chi connectivity index (χ1n) is 14.6. The summed E-state index contributed by atoms with van der Waals surface area (Å²) in [6.45, 7) is 2.07. The Morgan fingerprint density at radius 2 is 1.02 bits per heavy atom. The molecule has 7 aromatic carbocycles. The molecule has 9 aromatic rings. The number of imidazole rings is 1. The largest absolute Gasteiger partial charge is 0.456 e. The van der Waals surface area contributed by atoms with Crippen LogP contribution in [0.5, 0.6) is 0 Å². The monoisotopic (exact) mass is 550 g/mol. The summed E-state index contributed by atoms with van der Waals surface area (Å²) in [5.41, 5.74) is 9.90. The summed E-state index contributed by atoms with van der Waals surface area (Å²) < 4.78 is 8.53. The van der Waals surface area contributed by atoms with Crippen LogP contribution < -0.4 is 0 Å². The highest BCUT2D eigenvalue weighted by Crippen LogP contribution is 2.44. The van der Waals surface area contributed by atoms with Crippen molar-refractivity contribution < 1.29 is 4.42 Å². The first-order valence-corrected chi connectivity index (χ1v) is 14.6. The molecule has 2 aromatic heterocycles. The molecule has 0 unspecified atom stereocenters. The molecular weight excluding hydrogens is 524 g/mol. The van der Waals surface area contributed by atoms with Gasteiger partial charge in [-0.1, -0.05) is 97.1 Å². The molecule has 202 valence electrons. The van der Waals surface area contributed by atoms with Crippen molar-refractivity contribution in [2.24, 2.45) is 0 Å². The van der Waals surface area contributed by atoms with Crippen molar-refractivity contribution in [3.05, 3.63) is 145 Å². The lowest BCUT2D eigenvalue weighted by atomic mass is 9.86. The molecule has 2 heterocycles. The molecule has 0 aliphatic heterocycles. The second-order valence-corrected chi connectivity index (χ2v) is 11.2. The second-order valence-electron chi connectivity index (χ2n) is 11.2. The molecule has 0 fully saturated rings. The molecule has 0 N–H and O–H groups in total. The fraction of sp³-hybridized carbons (Fsp3) is 0.0250. The Hall–Kier alpha value is -5.67. The molecule has 0 aliphatic rings. The quantitative estimate of drug-likeness (QED) is 0.205. The molecule has 0 radical (unpaired) electrons. The maximum atomic E-state index is 6.30. The second kappa shape index (κ2) is 9.17. The third-order valence-electron chi connectivity index (χ3n) is 8.74. The van der Waals surface area contributed by atoms with Gasteiger partial charge in [0, 0.05) is 16.5 Å². The van der Waals surface area contributed by atoms with E-state index in [2.05, 4.69) is 133 Å². The maximum absolute atomic E-state index is 6.30. The predicted molar refractivity (Wildman–Crippen MR) is 179 cm³/mol. The number of aryl methyl sites for hydroxylation is 1. The van der Waals surface area contributed by atoms with Gasteiger partial charge in [-0.2, -0.15) is 0 Å². The molecular formula is C40H26N2O. The number of fused-ring (bicyclic) bond motifs is 6. The van der Waals surface area contributed by atoms with Crippen LogP contribution in [0.25, 0.3) is 82.5 Å². The summed E-state index contributed by atoms with van der Waals surface area (Å²) in [6.07, 6.45) is 0. The minimum absolute atomic E-state index is 0.911. The molecule has 0 saturated carbocycles. The van der Waals surface area contributed by atoms with Crippen LogP contribution in [0.4, 0.5) is 0 Å². The van der Waals surface area contributed by atoms with Gasteiger partial charge in [0.25, 0.3) is 0 Å². The van der Waals surface area contributed by atoms with E-state index in [0.717, 1.165) is 50.0 Å². The predicted octanol–water partition coefficient (Wildman–Crippen LogP) is 10.9. The Labute approximate surface area is 248 Å². The van der Waals surface area contributed by atoms with Crippen molar-refractivity contribution in [1.29, 1.82) is 0 Å². The van der Waals surface area contributed by atoms with Crippen molar-refractivity contribution >= 4 is 54.5 Å². The number of rotatable bonds is 3. The van der Waals surface area contributed by atoms with Crippen LogP contribution in [0.15, 0.2) is 144 Å². The summed E-state index contributed by atoms with van der Waals surface area (Å²) >= 11 is 0. The van der Waals surface area contributed by atoms with E-state index in [1.54, 1.807) is 0 Å². The summed E-state index contributed by atoms with van der Waals surface area (Å²) in [6, 6.07) is 49.7. The standard InChI is InChI=1S/C40H26N2O/c1-25-41-35-15-7-8-16-36(35)42(25)28-21-18-26(19-22-28)39-31-11-2-4-13-33(31)40(34-14-5-3-12-32(34)39)27-20-23-30-29-10-6-9-17-37(29)43-38(30)24-27/h2-24H,1H3. The van der Waals surface area contributed by atoms with Gasteiger partial charge in [0.05, 0.1) is 11.0 Å². The van der Waals surface area contributed by atoms with Crippen LogP contribution in [-0.2, 0) is 0 Å². The highest BCUT2D eigenvalue weighted by Gasteiger charge is 2.18. The molecule has 0 atom stereocenters. The lowest BCUT2D eigenvalue weighted by Gasteiger charge is -2.18. The minimum atomic E-state index is 0.911. The van der Waals surface area contributed by atoms with Gasteiger partial charge in [0.15, 0.2) is 0 Å². The van der Waals surface area contributed by atoms with E-state index in [1.807, 2.05) is 18.2 Å². The van der Waals surface area contributed by atoms with Crippen LogP contribution in [0.1, 0.15) is 5.82 Å². The molecule has 43 heavy (non-hydrogen) atoms. The number of aromatic nitrogens is 2. The Balaban J connectivity index is 1.27. The Bertz CT molecular complexity index is 2460. The first kappa shape index (κ1) is 24.0. The number of nitrogens with zero attached hydrogens (tertiary/aromatic N) is 2. The normalized spacial score (nSPS) is 11.8. The molecule has 3 heteroatoms. The van der Waals surface area contributed by atoms with Gasteiger partial charge in [-0.3, -0.25) is 4.57 Å². The average Bonchev–Trinajstić information content (AvgIpc) is 3.60. The number of para-hydroxylation sites is 3. The zero-order valence-corrected chi connectivity index (χ0v) is 23.6. The van der Waals surface area contributed by atoms with Crippen LogP contribution in [-0.4, -0.2) is 9.55 Å². The van der Waals surface area contributed by atoms with Crippen molar-refractivity contribution in [3.63, 3.8) is 0 Å². The summed E-state index contributed by atoms with van der Waals surface area (Å²) in [7, 11) is 0. The molecule has 0 aliphatic carbocycles. The molecule has 0 saturated heterocycles. The topological polar surface area (TPSA) is 31.0 Å². The molecule has 3 nitrogen and oxygen atoms in total. The zero-order valence-electron chi connectivity index (χ0n) is 23.6. The van der Waals surface area contributed by atoms with Crippen LogP contribution >= 0.6 is 0 Å². The Morgan fingerprint density at radius 3 is 1.72 bits per heavy atom. The number of hydrogen-bond acceptors (Lipinski definition) is 2. The SMILES string of the molecule is Cc1nc2ccccc2n1-c1ccc(-c2c3ccccc3c(-c3ccc4c(c3)oc3ccccc34)c3ccccc23)cc1. The molecule has 0 amide bonds. The summed E-state index contributed by atoms with van der Waals surface area (Å²) in [4.78, 5) is 4.78. The van der Waals surface area contributed by atoms with Crippen molar-refractivity contribution in [2.45, 2.75) is 6.92 Å². The highest BCUT2D eigenvalue weighted by molar-refractivity contribution is 6.22. The van der Waals surface area contributed by atoms with E-state index >= 15 is 0 Å². The first-order chi connectivity index (χ1) is 21.2. The van der Waals surface area contributed by atoms with Crippen LogP contribution in [0.2, 0.25) is 0 Å². The molecule has 0 bridgehead atoms. The van der Waals surface area contributed by atoms with E-state index in [0.29, 0.717) is 0 Å². The van der Waals surface area contributed by atoms with Gasteiger partial charge >= 0.3 is 0 Å². The van der Waals surface area contributed by atoms with E-state index in [4.69, 9.17) is 9.40 Å². The van der Waals surface area contributed by atoms with E-state index in [1.165, 1.54) is 38.2 Å². The van der Waals surface area contributed by atoms with Gasteiger partial charge in [-0.25, -0.2) is 4.98 Å². The smallest absolute Gasteiger partial charge is 0.136 e. The number of hydrogen-bond donors (Lipinski definition) is 0.